The van der Waals surface area contributed by atoms with Crippen LogP contribution in [0.1, 0.15) is 13.3 Å². The van der Waals surface area contributed by atoms with E-state index in [-0.39, 0.29) is 12.5 Å². The number of alkyl halides is 1. The number of rotatable bonds is 5. The van der Waals surface area contributed by atoms with Gasteiger partial charge in [-0.1, -0.05) is 22.9 Å². The molecule has 0 spiro atoms. The van der Waals surface area contributed by atoms with Crippen molar-refractivity contribution in [2.24, 2.45) is 5.92 Å². The van der Waals surface area contributed by atoms with Crippen LogP contribution in [-0.4, -0.2) is 26.6 Å². The Balaban J connectivity index is 3.54. The van der Waals surface area contributed by atoms with Crippen LogP contribution in [-0.2, 0) is 14.3 Å². The van der Waals surface area contributed by atoms with Gasteiger partial charge in [0.1, 0.15) is 0 Å². The molecule has 0 aromatic rings. The van der Waals surface area contributed by atoms with Crippen molar-refractivity contribution in [1.82, 2.24) is 0 Å². The number of halogens is 1. The maximum absolute atomic E-state index is 10.5. The first kappa shape index (κ1) is 11.4. The van der Waals surface area contributed by atoms with Gasteiger partial charge >= 0.3 is 0 Å². The Morgan fingerprint density at radius 3 is 2.45 bits per heavy atom. The van der Waals surface area contributed by atoms with E-state index >= 15 is 0 Å². The Morgan fingerprint density at radius 2 is 2.09 bits per heavy atom. The first-order valence-corrected chi connectivity index (χ1v) is 6.30. The fourth-order valence-corrected chi connectivity index (χ4v) is 1.77. The van der Waals surface area contributed by atoms with Crippen molar-refractivity contribution in [2.75, 3.05) is 18.2 Å². The first-order valence-electron chi connectivity index (χ1n) is 3.36. The molecular weight excluding hydrogens is 232 g/mol. The Morgan fingerprint density at radius 1 is 1.55 bits per heavy atom. The summed E-state index contributed by atoms with van der Waals surface area (Å²) in [6.45, 7) is 2.23. The summed E-state index contributed by atoms with van der Waals surface area (Å²) in [5.41, 5.74) is 0. The molecule has 5 heteroatoms. The standard InChI is InChI=1S/C6H13BrO3S/c1-6(3-4-7)5-10-11(2,8)9/h6H,3-5H2,1-2H3. The second kappa shape index (κ2) is 5.11. The molecule has 0 aliphatic rings. The lowest BCUT2D eigenvalue weighted by Crippen LogP contribution is -2.11. The second-order valence-corrected chi connectivity index (χ2v) is 5.01. The third kappa shape index (κ3) is 8.29. The lowest BCUT2D eigenvalue weighted by Gasteiger charge is -2.07. The monoisotopic (exact) mass is 244 g/mol. The average molecular weight is 245 g/mol. The minimum absolute atomic E-state index is 0.282. The van der Waals surface area contributed by atoms with Gasteiger partial charge in [-0.2, -0.15) is 8.42 Å². The largest absolute Gasteiger partial charge is 0.270 e. The molecule has 0 bridgehead atoms. The van der Waals surface area contributed by atoms with Gasteiger partial charge in [0.15, 0.2) is 0 Å². The van der Waals surface area contributed by atoms with E-state index in [0.29, 0.717) is 0 Å². The lowest BCUT2D eigenvalue weighted by molar-refractivity contribution is 0.265. The molecule has 0 aliphatic carbocycles. The van der Waals surface area contributed by atoms with Gasteiger partial charge in [0.2, 0.25) is 0 Å². The molecule has 0 N–H and O–H groups in total. The normalized spacial score (nSPS) is 14.8. The van der Waals surface area contributed by atoms with Crippen molar-refractivity contribution in [3.63, 3.8) is 0 Å². The predicted octanol–water partition coefficient (Wildman–Crippen LogP) is 1.38. The van der Waals surface area contributed by atoms with Crippen molar-refractivity contribution in [2.45, 2.75) is 13.3 Å². The smallest absolute Gasteiger partial charge is 0.264 e. The fraction of sp³-hybridized carbons (Fsp3) is 1.00. The SMILES string of the molecule is CC(CCBr)COS(C)(=O)=O. The van der Waals surface area contributed by atoms with Gasteiger partial charge in [0.25, 0.3) is 10.1 Å². The van der Waals surface area contributed by atoms with Crippen LogP contribution in [0, 0.1) is 5.92 Å². The van der Waals surface area contributed by atoms with Crippen molar-refractivity contribution in [1.29, 1.82) is 0 Å². The van der Waals surface area contributed by atoms with E-state index in [9.17, 15) is 8.42 Å². The van der Waals surface area contributed by atoms with Crippen molar-refractivity contribution < 1.29 is 12.6 Å². The molecule has 0 radical (unpaired) electrons. The van der Waals surface area contributed by atoms with Crippen molar-refractivity contribution in [3.8, 4) is 0 Å². The molecule has 0 amide bonds. The quantitative estimate of drug-likeness (QED) is 0.543. The summed E-state index contributed by atoms with van der Waals surface area (Å²) < 4.78 is 25.6. The molecule has 68 valence electrons. The molecule has 0 fully saturated rings. The minimum atomic E-state index is -3.25. The highest BCUT2D eigenvalue weighted by Crippen LogP contribution is 2.05. The molecule has 0 heterocycles. The zero-order valence-corrected chi connectivity index (χ0v) is 9.11. The van der Waals surface area contributed by atoms with Gasteiger partial charge in [-0.15, -0.1) is 0 Å². The first-order chi connectivity index (χ1) is 4.95. The van der Waals surface area contributed by atoms with Crippen LogP contribution in [0.3, 0.4) is 0 Å². The van der Waals surface area contributed by atoms with E-state index in [1.54, 1.807) is 0 Å². The maximum atomic E-state index is 10.5. The fourth-order valence-electron chi connectivity index (χ4n) is 0.509. The van der Waals surface area contributed by atoms with Crippen molar-refractivity contribution in [3.05, 3.63) is 0 Å². The number of hydrogen-bond acceptors (Lipinski definition) is 3. The van der Waals surface area contributed by atoms with Crippen LogP contribution >= 0.6 is 15.9 Å². The second-order valence-electron chi connectivity index (χ2n) is 2.57. The van der Waals surface area contributed by atoms with Gasteiger partial charge in [-0.25, -0.2) is 0 Å². The van der Waals surface area contributed by atoms with E-state index in [4.69, 9.17) is 0 Å². The molecule has 0 saturated carbocycles. The highest BCUT2D eigenvalue weighted by Gasteiger charge is 2.06. The third-order valence-corrected chi connectivity index (χ3v) is 2.19. The zero-order chi connectivity index (χ0) is 8.91. The minimum Gasteiger partial charge on any atom is -0.270 e. The average Bonchev–Trinajstić information content (AvgIpc) is 1.83. The van der Waals surface area contributed by atoms with Crippen LogP contribution in [0.5, 0.6) is 0 Å². The van der Waals surface area contributed by atoms with Crippen LogP contribution in [0.25, 0.3) is 0 Å². The van der Waals surface area contributed by atoms with Gasteiger partial charge < -0.3 is 0 Å². The van der Waals surface area contributed by atoms with Gasteiger partial charge in [0.05, 0.1) is 12.9 Å². The summed E-state index contributed by atoms with van der Waals surface area (Å²) in [5.74, 6) is 0.282. The molecule has 0 aliphatic heterocycles. The highest BCUT2D eigenvalue weighted by molar-refractivity contribution is 9.09. The van der Waals surface area contributed by atoms with Crippen LogP contribution in [0.2, 0.25) is 0 Å². The molecule has 0 aromatic heterocycles. The molecular formula is C6H13BrO3S. The van der Waals surface area contributed by atoms with Gasteiger partial charge in [0, 0.05) is 5.33 Å². The van der Waals surface area contributed by atoms with Gasteiger partial charge in [-0.05, 0) is 12.3 Å². The maximum Gasteiger partial charge on any atom is 0.264 e. The molecule has 1 atom stereocenters. The topological polar surface area (TPSA) is 43.4 Å². The molecule has 3 nitrogen and oxygen atoms in total. The number of hydrogen-bond donors (Lipinski definition) is 0. The van der Waals surface area contributed by atoms with E-state index < -0.39 is 10.1 Å². The van der Waals surface area contributed by atoms with E-state index in [2.05, 4.69) is 20.1 Å². The summed E-state index contributed by atoms with van der Waals surface area (Å²) in [4.78, 5) is 0. The molecule has 11 heavy (non-hydrogen) atoms. The van der Waals surface area contributed by atoms with Crippen LogP contribution in [0.4, 0.5) is 0 Å². The predicted molar refractivity (Wildman–Crippen MR) is 48.4 cm³/mol. The highest BCUT2D eigenvalue weighted by atomic mass is 79.9. The molecule has 0 aromatic carbocycles. The van der Waals surface area contributed by atoms with E-state index in [0.717, 1.165) is 18.0 Å². The summed E-state index contributed by atoms with van der Waals surface area (Å²) in [7, 11) is -3.25. The summed E-state index contributed by atoms with van der Waals surface area (Å²) in [6.07, 6.45) is 1.99. The zero-order valence-electron chi connectivity index (χ0n) is 6.71. The molecule has 0 saturated heterocycles. The Bertz CT molecular complexity index is 188. The lowest BCUT2D eigenvalue weighted by atomic mass is 10.1. The van der Waals surface area contributed by atoms with E-state index in [1.807, 2.05) is 6.92 Å². The van der Waals surface area contributed by atoms with Crippen molar-refractivity contribution >= 4 is 26.0 Å². The van der Waals surface area contributed by atoms with Gasteiger partial charge in [-0.3, -0.25) is 4.18 Å². The summed E-state index contributed by atoms with van der Waals surface area (Å²) in [6, 6.07) is 0. The third-order valence-electron chi connectivity index (χ3n) is 1.17. The van der Waals surface area contributed by atoms with E-state index in [1.165, 1.54) is 0 Å². The van der Waals surface area contributed by atoms with Crippen LogP contribution in [0.15, 0.2) is 0 Å². The summed E-state index contributed by atoms with van der Waals surface area (Å²) in [5, 5.41) is 0.876. The Hall–Kier alpha value is 0.390. The Labute approximate surface area is 76.4 Å². The Kier molecular flexibility index (Phi) is 5.29. The van der Waals surface area contributed by atoms with Crippen LogP contribution < -0.4 is 0 Å². The summed E-state index contributed by atoms with van der Waals surface area (Å²) >= 11 is 3.27. The molecule has 1 unspecified atom stereocenters. The molecule has 0 rings (SSSR count).